The highest BCUT2D eigenvalue weighted by molar-refractivity contribution is 4.97. The molecule has 1 aliphatic heterocycles. The largest absolute Gasteiger partial charge is 0.389 e. The molecule has 3 heteroatoms. The van der Waals surface area contributed by atoms with Gasteiger partial charge in [0.1, 0.15) is 0 Å². The van der Waals surface area contributed by atoms with E-state index in [0.717, 1.165) is 30.9 Å². The van der Waals surface area contributed by atoms with Gasteiger partial charge in [0.15, 0.2) is 0 Å². The van der Waals surface area contributed by atoms with Gasteiger partial charge in [-0.15, -0.1) is 0 Å². The maximum absolute atomic E-state index is 10.5. The summed E-state index contributed by atoms with van der Waals surface area (Å²) in [6, 6.07) is 0. The molecular weight excluding hydrogens is 298 g/mol. The molecule has 1 saturated heterocycles. The van der Waals surface area contributed by atoms with E-state index in [1.165, 1.54) is 51.4 Å². The first kappa shape index (κ1) is 18.7. The topological polar surface area (TPSA) is 32.7 Å². The molecule has 3 fully saturated rings. The van der Waals surface area contributed by atoms with E-state index in [-0.39, 0.29) is 17.2 Å². The van der Waals surface area contributed by atoms with Crippen molar-refractivity contribution >= 4 is 0 Å². The van der Waals surface area contributed by atoms with E-state index in [4.69, 9.17) is 4.74 Å². The fourth-order valence-electron chi connectivity index (χ4n) is 5.98. The van der Waals surface area contributed by atoms with Crippen LogP contribution < -0.4 is 0 Å². The molecule has 3 aliphatic rings. The van der Waals surface area contributed by atoms with Crippen LogP contribution in [0, 0.1) is 17.8 Å². The number of piperidine rings is 1. The first-order valence-electron chi connectivity index (χ1n) is 10.3. The minimum atomic E-state index is -0.373. The van der Waals surface area contributed by atoms with Gasteiger partial charge in [0.25, 0.3) is 0 Å². The van der Waals surface area contributed by atoms with E-state index in [9.17, 15) is 5.11 Å². The zero-order chi connectivity index (χ0) is 17.4. The van der Waals surface area contributed by atoms with Crippen molar-refractivity contribution in [2.24, 2.45) is 17.8 Å². The molecule has 1 N–H and O–H groups in total. The van der Waals surface area contributed by atoms with Crippen molar-refractivity contribution in [2.75, 3.05) is 19.8 Å². The number of fused-ring (bicyclic) bond motifs is 2. The standard InChI is InChI=1S/C21H39NO2/c1-20(2)9-5-10-21(3,4)22(20)14-19(23)15-24-11-8-18-13-16-6-7-17(18)12-16/h16-19,23H,5-15H2,1-4H3/t16-,17-,18+,19-/m0/s1. The Hall–Kier alpha value is -0.120. The highest BCUT2D eigenvalue weighted by atomic mass is 16.5. The predicted molar refractivity (Wildman–Crippen MR) is 99.1 cm³/mol. The summed E-state index contributed by atoms with van der Waals surface area (Å²) in [5.74, 6) is 2.91. The third-order valence-corrected chi connectivity index (χ3v) is 7.26. The lowest BCUT2D eigenvalue weighted by molar-refractivity contribution is -0.0706. The van der Waals surface area contributed by atoms with Crippen LogP contribution in [0.2, 0.25) is 0 Å². The van der Waals surface area contributed by atoms with Gasteiger partial charge >= 0.3 is 0 Å². The summed E-state index contributed by atoms with van der Waals surface area (Å²) in [6.07, 6.45) is 10.4. The maximum Gasteiger partial charge on any atom is 0.0900 e. The second-order valence-corrected chi connectivity index (χ2v) is 10.0. The molecule has 1 heterocycles. The number of ether oxygens (including phenoxy) is 1. The zero-order valence-corrected chi connectivity index (χ0v) is 16.4. The summed E-state index contributed by atoms with van der Waals surface area (Å²) in [4.78, 5) is 2.51. The molecule has 4 atom stereocenters. The van der Waals surface area contributed by atoms with Gasteiger partial charge in [-0.2, -0.15) is 0 Å². The van der Waals surface area contributed by atoms with E-state index in [1.54, 1.807) is 0 Å². The smallest absolute Gasteiger partial charge is 0.0900 e. The van der Waals surface area contributed by atoms with Crippen LogP contribution in [0.15, 0.2) is 0 Å². The average molecular weight is 338 g/mol. The monoisotopic (exact) mass is 337 g/mol. The molecular formula is C21H39NO2. The molecule has 24 heavy (non-hydrogen) atoms. The zero-order valence-electron chi connectivity index (χ0n) is 16.4. The molecule has 2 aliphatic carbocycles. The molecule has 140 valence electrons. The van der Waals surface area contributed by atoms with E-state index in [1.807, 2.05) is 0 Å². The van der Waals surface area contributed by atoms with Crippen LogP contribution in [-0.4, -0.2) is 46.9 Å². The van der Waals surface area contributed by atoms with E-state index in [0.29, 0.717) is 6.61 Å². The molecule has 0 aromatic heterocycles. The van der Waals surface area contributed by atoms with Crippen molar-refractivity contribution in [1.82, 2.24) is 4.90 Å². The normalized spacial score (nSPS) is 36.1. The van der Waals surface area contributed by atoms with Crippen LogP contribution in [0.25, 0.3) is 0 Å². The number of likely N-dealkylation sites (tertiary alicyclic amines) is 1. The molecule has 0 aromatic carbocycles. The van der Waals surface area contributed by atoms with Crippen LogP contribution in [0.3, 0.4) is 0 Å². The fourth-order valence-corrected chi connectivity index (χ4v) is 5.98. The maximum atomic E-state index is 10.5. The summed E-state index contributed by atoms with van der Waals surface area (Å²) < 4.78 is 5.87. The summed E-state index contributed by atoms with van der Waals surface area (Å²) in [5, 5.41) is 10.5. The fraction of sp³-hybridized carbons (Fsp3) is 1.00. The number of rotatable bonds is 7. The summed E-state index contributed by atoms with van der Waals surface area (Å²) in [5.41, 5.74) is 0.345. The molecule has 3 nitrogen and oxygen atoms in total. The van der Waals surface area contributed by atoms with Crippen LogP contribution in [0.4, 0.5) is 0 Å². The summed E-state index contributed by atoms with van der Waals surface area (Å²) in [6.45, 7) is 11.3. The van der Waals surface area contributed by atoms with E-state index in [2.05, 4.69) is 32.6 Å². The van der Waals surface area contributed by atoms with E-state index >= 15 is 0 Å². The molecule has 0 amide bonds. The van der Waals surface area contributed by atoms with Gasteiger partial charge in [-0.25, -0.2) is 0 Å². The van der Waals surface area contributed by atoms with Gasteiger partial charge in [0.2, 0.25) is 0 Å². The quantitative estimate of drug-likeness (QED) is 0.706. The number of aliphatic hydroxyl groups is 1. The number of aliphatic hydroxyl groups excluding tert-OH is 1. The average Bonchev–Trinajstić information content (AvgIpc) is 3.10. The highest BCUT2D eigenvalue weighted by Gasteiger charge is 2.42. The lowest BCUT2D eigenvalue weighted by atomic mass is 9.79. The molecule has 0 radical (unpaired) electrons. The Balaban J connectivity index is 1.38. The van der Waals surface area contributed by atoms with Crippen LogP contribution in [-0.2, 0) is 4.74 Å². The molecule has 2 bridgehead atoms. The second-order valence-electron chi connectivity index (χ2n) is 10.0. The SMILES string of the molecule is CC1(C)CCCC(C)(C)N1C[C@H](O)COCC[C@@H]1C[C@H]2CC[C@H]1C2. The van der Waals surface area contributed by atoms with Crippen LogP contribution >= 0.6 is 0 Å². The summed E-state index contributed by atoms with van der Waals surface area (Å²) >= 11 is 0. The Morgan fingerprint density at radius 3 is 2.38 bits per heavy atom. The Morgan fingerprint density at radius 2 is 1.79 bits per heavy atom. The predicted octanol–water partition coefficient (Wildman–Crippen LogP) is 4.23. The van der Waals surface area contributed by atoms with Gasteiger partial charge in [0.05, 0.1) is 12.7 Å². The lowest BCUT2D eigenvalue weighted by Crippen LogP contribution is -2.60. The van der Waals surface area contributed by atoms with Crippen molar-refractivity contribution in [3.8, 4) is 0 Å². The number of hydrogen-bond acceptors (Lipinski definition) is 3. The Bertz CT molecular complexity index is 404. The van der Waals surface area contributed by atoms with Gasteiger partial charge in [0, 0.05) is 24.2 Å². The van der Waals surface area contributed by atoms with E-state index < -0.39 is 0 Å². The minimum absolute atomic E-state index is 0.172. The van der Waals surface area contributed by atoms with Gasteiger partial charge in [-0.05, 0) is 90.4 Å². The number of nitrogens with zero attached hydrogens (tertiary/aromatic N) is 1. The van der Waals surface area contributed by atoms with Crippen molar-refractivity contribution in [2.45, 2.75) is 96.2 Å². The van der Waals surface area contributed by atoms with Gasteiger partial charge in [-0.1, -0.05) is 6.42 Å². The van der Waals surface area contributed by atoms with Crippen molar-refractivity contribution in [1.29, 1.82) is 0 Å². The molecule has 0 spiro atoms. The van der Waals surface area contributed by atoms with Gasteiger partial charge < -0.3 is 9.84 Å². The molecule has 2 saturated carbocycles. The number of hydrogen-bond donors (Lipinski definition) is 1. The molecule has 0 aromatic rings. The summed E-state index contributed by atoms with van der Waals surface area (Å²) in [7, 11) is 0. The minimum Gasteiger partial charge on any atom is -0.389 e. The highest BCUT2D eigenvalue weighted by Crippen LogP contribution is 2.49. The second kappa shape index (κ2) is 7.25. The lowest BCUT2D eigenvalue weighted by Gasteiger charge is -2.53. The first-order chi connectivity index (χ1) is 11.3. The van der Waals surface area contributed by atoms with Crippen LogP contribution in [0.5, 0.6) is 0 Å². The van der Waals surface area contributed by atoms with Crippen molar-refractivity contribution < 1.29 is 9.84 Å². The number of β-amino-alcohol motifs (C(OH)–C–C–N with tert-alkyl or cyclic N) is 1. The molecule has 0 unspecified atom stereocenters. The Kier molecular flexibility index (Phi) is 5.64. The Morgan fingerprint density at radius 1 is 1.08 bits per heavy atom. The first-order valence-corrected chi connectivity index (χ1v) is 10.3. The van der Waals surface area contributed by atoms with Crippen LogP contribution in [0.1, 0.15) is 79.1 Å². The Labute approximate surface area is 149 Å². The molecule has 3 rings (SSSR count). The van der Waals surface area contributed by atoms with Crippen molar-refractivity contribution in [3.05, 3.63) is 0 Å². The van der Waals surface area contributed by atoms with Crippen molar-refractivity contribution in [3.63, 3.8) is 0 Å². The third-order valence-electron chi connectivity index (χ3n) is 7.26. The third kappa shape index (κ3) is 4.16. The van der Waals surface area contributed by atoms with Gasteiger partial charge in [-0.3, -0.25) is 4.90 Å².